The smallest absolute Gasteiger partial charge is 0.190 e. The van der Waals surface area contributed by atoms with E-state index in [0.29, 0.717) is 13.2 Å². The maximum atomic E-state index is 6.09. The number of ether oxygens (including phenoxy) is 2. The summed E-state index contributed by atoms with van der Waals surface area (Å²) < 4.78 is 14.1. The monoisotopic (exact) mass is 352 g/mol. The van der Waals surface area contributed by atoms with E-state index in [1.54, 1.807) is 12.5 Å². The third-order valence-corrected chi connectivity index (χ3v) is 3.57. The van der Waals surface area contributed by atoms with Gasteiger partial charge in [0.2, 0.25) is 0 Å². The molecule has 0 radical (unpaired) electrons. The van der Waals surface area contributed by atoms with Crippen molar-refractivity contribution in [2.75, 3.05) is 6.61 Å². The molecule has 2 atom stereocenters. The molecule has 1 saturated heterocycles. The quantitative estimate of drug-likeness (QED) is 0.847. The van der Waals surface area contributed by atoms with Gasteiger partial charge >= 0.3 is 0 Å². The Hall–Kier alpha value is -1.17. The summed E-state index contributed by atoms with van der Waals surface area (Å²) in [6.45, 7) is 5.44. The van der Waals surface area contributed by atoms with Crippen LogP contribution in [0.15, 0.2) is 43.0 Å². The number of aryl methyl sites for hydroxylation is 1. The van der Waals surface area contributed by atoms with E-state index >= 15 is 0 Å². The maximum absolute atomic E-state index is 6.09. The van der Waals surface area contributed by atoms with Crippen molar-refractivity contribution >= 4 is 17.0 Å². The molecule has 0 aliphatic carbocycles. The lowest BCUT2D eigenvalue weighted by Crippen LogP contribution is -2.38. The van der Waals surface area contributed by atoms with Crippen molar-refractivity contribution in [2.24, 2.45) is 0 Å². The number of aromatic nitrogens is 2. The van der Waals surface area contributed by atoms with E-state index in [-0.39, 0.29) is 23.1 Å². The van der Waals surface area contributed by atoms with Crippen molar-refractivity contribution in [3.8, 4) is 0 Å². The molecule has 1 aliphatic heterocycles. The van der Waals surface area contributed by atoms with E-state index in [2.05, 4.69) is 36.2 Å². The molecule has 0 spiro atoms. The summed E-state index contributed by atoms with van der Waals surface area (Å²) in [5.41, 5.74) is 2.49. The first kappa shape index (κ1) is 16.2. The van der Waals surface area contributed by atoms with Crippen LogP contribution < -0.4 is 0 Å². The number of benzene rings is 1. The van der Waals surface area contributed by atoms with Crippen LogP contribution in [-0.2, 0) is 22.4 Å². The molecule has 0 saturated carbocycles. The average molecular weight is 353 g/mol. The van der Waals surface area contributed by atoms with Crippen LogP contribution in [0.4, 0.5) is 0 Å². The average Bonchev–Trinajstić information content (AvgIpc) is 3.04. The highest BCUT2D eigenvalue weighted by Crippen LogP contribution is 2.29. The molecule has 0 N–H and O–H groups in total. The summed E-state index contributed by atoms with van der Waals surface area (Å²) in [5.74, 6) is -0.588. The van der Waals surface area contributed by atoms with Gasteiger partial charge in [0, 0.05) is 18.8 Å². The molecule has 4 nitrogen and oxygen atoms in total. The Morgan fingerprint density at radius 3 is 2.67 bits per heavy atom. The third kappa shape index (κ3) is 3.93. The summed E-state index contributed by atoms with van der Waals surface area (Å²) >= 11 is 0. The van der Waals surface area contributed by atoms with Gasteiger partial charge in [-0.1, -0.05) is 29.8 Å². The molecule has 0 amide bonds. The second kappa shape index (κ2) is 6.73. The first-order chi connectivity index (χ1) is 9.65. The van der Waals surface area contributed by atoms with Crippen LogP contribution >= 0.6 is 17.0 Å². The molecule has 1 aliphatic rings. The molecule has 2 aromatic rings. The molecule has 2 unspecified atom stereocenters. The van der Waals surface area contributed by atoms with Crippen LogP contribution in [0.3, 0.4) is 0 Å². The fraction of sp³-hybridized carbons (Fsp3) is 0.438. The summed E-state index contributed by atoms with van der Waals surface area (Å²) in [5, 5.41) is 0. The van der Waals surface area contributed by atoms with Gasteiger partial charge in [0.25, 0.3) is 0 Å². The highest BCUT2D eigenvalue weighted by Gasteiger charge is 2.40. The number of nitrogens with zero attached hydrogens (tertiary/aromatic N) is 2. The van der Waals surface area contributed by atoms with Crippen molar-refractivity contribution < 1.29 is 9.47 Å². The van der Waals surface area contributed by atoms with Crippen LogP contribution in [0.5, 0.6) is 0 Å². The van der Waals surface area contributed by atoms with E-state index in [0.717, 1.165) is 6.42 Å². The van der Waals surface area contributed by atoms with Crippen molar-refractivity contribution in [1.29, 1.82) is 0 Å². The zero-order valence-corrected chi connectivity index (χ0v) is 14.1. The van der Waals surface area contributed by atoms with Gasteiger partial charge in [0.05, 0.1) is 25.6 Å². The van der Waals surface area contributed by atoms with Crippen LogP contribution in [0, 0.1) is 6.92 Å². The van der Waals surface area contributed by atoms with Crippen molar-refractivity contribution in [3.63, 3.8) is 0 Å². The van der Waals surface area contributed by atoms with E-state index in [4.69, 9.17) is 9.47 Å². The fourth-order valence-electron chi connectivity index (χ4n) is 2.61. The standard InChI is InChI=1S/C16H20N2O2.BrH/c1-13-3-5-15(6-4-13)9-16(19-10-14(2)20-16)11-18-8-7-17-12-18;/h3-8,12,14H,9-11H2,1-2H3;1H. The number of halogens is 1. The van der Waals surface area contributed by atoms with Gasteiger partial charge in [-0.3, -0.25) is 0 Å². The fourth-order valence-corrected chi connectivity index (χ4v) is 2.61. The Balaban J connectivity index is 0.00000161. The van der Waals surface area contributed by atoms with Crippen LogP contribution in [-0.4, -0.2) is 28.0 Å². The SMILES string of the molecule is Br.Cc1ccc(CC2(Cn3ccnc3)OCC(C)O2)cc1. The van der Waals surface area contributed by atoms with Gasteiger partial charge < -0.3 is 14.0 Å². The molecule has 5 heteroatoms. The number of hydrogen-bond donors (Lipinski definition) is 0. The summed E-state index contributed by atoms with van der Waals surface area (Å²) in [4.78, 5) is 4.08. The van der Waals surface area contributed by atoms with E-state index in [1.807, 2.05) is 17.7 Å². The van der Waals surface area contributed by atoms with Gasteiger partial charge in [-0.15, -0.1) is 17.0 Å². The predicted octanol–water partition coefficient (Wildman–Crippen LogP) is 3.14. The number of imidazole rings is 1. The predicted molar refractivity (Wildman–Crippen MR) is 86.7 cm³/mol. The van der Waals surface area contributed by atoms with Gasteiger partial charge in [-0.05, 0) is 19.4 Å². The molecule has 0 bridgehead atoms. The highest BCUT2D eigenvalue weighted by molar-refractivity contribution is 8.93. The molecule has 1 aromatic heterocycles. The summed E-state index contributed by atoms with van der Waals surface area (Å²) in [6.07, 6.45) is 6.39. The van der Waals surface area contributed by atoms with Crippen molar-refractivity contribution in [1.82, 2.24) is 9.55 Å². The summed E-state index contributed by atoms with van der Waals surface area (Å²) in [7, 11) is 0. The Bertz CT molecular complexity index is 556. The molecular formula is C16H21BrN2O2. The lowest BCUT2D eigenvalue weighted by Gasteiger charge is -2.28. The van der Waals surface area contributed by atoms with Gasteiger partial charge in [0.1, 0.15) is 0 Å². The van der Waals surface area contributed by atoms with Crippen LogP contribution in [0.25, 0.3) is 0 Å². The van der Waals surface area contributed by atoms with Gasteiger partial charge in [-0.25, -0.2) is 4.98 Å². The van der Waals surface area contributed by atoms with Gasteiger partial charge in [-0.2, -0.15) is 0 Å². The van der Waals surface area contributed by atoms with Crippen molar-refractivity contribution in [3.05, 3.63) is 54.1 Å². The minimum Gasteiger partial charge on any atom is -0.345 e. The van der Waals surface area contributed by atoms with Crippen LogP contribution in [0.1, 0.15) is 18.1 Å². The van der Waals surface area contributed by atoms with Crippen molar-refractivity contribution in [2.45, 2.75) is 38.7 Å². The minimum atomic E-state index is -0.588. The largest absolute Gasteiger partial charge is 0.345 e. The summed E-state index contributed by atoms with van der Waals surface area (Å²) in [6, 6.07) is 8.53. The van der Waals surface area contributed by atoms with E-state index in [1.165, 1.54) is 11.1 Å². The second-order valence-electron chi connectivity index (χ2n) is 5.55. The Labute approximate surface area is 135 Å². The maximum Gasteiger partial charge on any atom is 0.190 e. The second-order valence-corrected chi connectivity index (χ2v) is 5.55. The Kier molecular flexibility index (Phi) is 5.19. The van der Waals surface area contributed by atoms with Gasteiger partial charge in [0.15, 0.2) is 5.79 Å². The lowest BCUT2D eigenvalue weighted by molar-refractivity contribution is -0.175. The number of rotatable bonds is 4. The molecule has 114 valence electrons. The molecular weight excluding hydrogens is 332 g/mol. The first-order valence-corrected chi connectivity index (χ1v) is 6.98. The molecule has 21 heavy (non-hydrogen) atoms. The minimum absolute atomic E-state index is 0. The van der Waals surface area contributed by atoms with Crippen LogP contribution in [0.2, 0.25) is 0 Å². The number of hydrogen-bond acceptors (Lipinski definition) is 3. The third-order valence-electron chi connectivity index (χ3n) is 3.57. The van der Waals surface area contributed by atoms with E-state index < -0.39 is 5.79 Å². The normalized spacial score (nSPS) is 24.8. The Morgan fingerprint density at radius 2 is 2.10 bits per heavy atom. The Morgan fingerprint density at radius 1 is 1.33 bits per heavy atom. The molecule has 1 aromatic carbocycles. The topological polar surface area (TPSA) is 36.3 Å². The molecule has 2 heterocycles. The zero-order chi connectivity index (χ0) is 14.0. The molecule has 3 rings (SSSR count). The molecule has 1 fully saturated rings. The van der Waals surface area contributed by atoms with E-state index in [9.17, 15) is 0 Å². The first-order valence-electron chi connectivity index (χ1n) is 6.98. The lowest BCUT2D eigenvalue weighted by atomic mass is 10.0. The highest BCUT2D eigenvalue weighted by atomic mass is 79.9. The zero-order valence-electron chi connectivity index (χ0n) is 12.4.